The molecule has 1 saturated carbocycles. The molecule has 0 amide bonds. The van der Waals surface area contributed by atoms with E-state index in [0.29, 0.717) is 0 Å². The molecule has 0 bridgehead atoms. The molecule has 0 aromatic carbocycles. The van der Waals surface area contributed by atoms with Crippen molar-refractivity contribution >= 4 is 11.8 Å². The van der Waals surface area contributed by atoms with Crippen molar-refractivity contribution in [2.75, 3.05) is 18.8 Å². The molecule has 1 saturated heterocycles. The lowest BCUT2D eigenvalue weighted by Crippen LogP contribution is -2.42. The highest BCUT2D eigenvalue weighted by Gasteiger charge is 2.46. The van der Waals surface area contributed by atoms with Crippen LogP contribution in [0.5, 0.6) is 0 Å². The Kier molecular flexibility index (Phi) is 1.92. The molecule has 1 spiro atoms. The summed E-state index contributed by atoms with van der Waals surface area (Å²) < 4.78 is 0.725. The SMILES string of the molecule is CC(C)N1CCSC2(CC2)C1. The molecule has 0 aromatic rings. The van der Waals surface area contributed by atoms with E-state index in [1.54, 1.807) is 0 Å². The summed E-state index contributed by atoms with van der Waals surface area (Å²) in [6, 6.07) is 0.758. The molecule has 1 aliphatic carbocycles. The van der Waals surface area contributed by atoms with Crippen LogP contribution in [0.2, 0.25) is 0 Å². The second kappa shape index (κ2) is 2.67. The molecule has 0 unspecified atom stereocenters. The van der Waals surface area contributed by atoms with Crippen molar-refractivity contribution < 1.29 is 0 Å². The van der Waals surface area contributed by atoms with Gasteiger partial charge in [0.2, 0.25) is 0 Å². The number of hydrogen-bond donors (Lipinski definition) is 0. The summed E-state index contributed by atoms with van der Waals surface area (Å²) in [5.41, 5.74) is 0. The zero-order chi connectivity index (χ0) is 7.90. The highest BCUT2D eigenvalue weighted by molar-refractivity contribution is 8.01. The van der Waals surface area contributed by atoms with Crippen molar-refractivity contribution in [2.45, 2.75) is 37.5 Å². The minimum absolute atomic E-state index is 0.725. The fourth-order valence-electron chi connectivity index (χ4n) is 1.76. The van der Waals surface area contributed by atoms with Gasteiger partial charge in [0.15, 0.2) is 0 Å². The Labute approximate surface area is 73.5 Å². The molecular weight excluding hydrogens is 154 g/mol. The highest BCUT2D eigenvalue weighted by Crippen LogP contribution is 2.50. The topological polar surface area (TPSA) is 3.24 Å². The largest absolute Gasteiger partial charge is 0.299 e. The molecule has 1 aliphatic heterocycles. The molecule has 11 heavy (non-hydrogen) atoms. The molecule has 64 valence electrons. The molecule has 0 aromatic heterocycles. The van der Waals surface area contributed by atoms with Gasteiger partial charge in [-0.25, -0.2) is 0 Å². The van der Waals surface area contributed by atoms with E-state index in [4.69, 9.17) is 0 Å². The number of nitrogens with zero attached hydrogens (tertiary/aromatic N) is 1. The van der Waals surface area contributed by atoms with Crippen LogP contribution >= 0.6 is 11.8 Å². The van der Waals surface area contributed by atoms with Gasteiger partial charge in [0.1, 0.15) is 0 Å². The lowest BCUT2D eigenvalue weighted by molar-refractivity contribution is 0.225. The van der Waals surface area contributed by atoms with Gasteiger partial charge in [-0.1, -0.05) is 0 Å². The van der Waals surface area contributed by atoms with Gasteiger partial charge in [0.25, 0.3) is 0 Å². The van der Waals surface area contributed by atoms with Gasteiger partial charge < -0.3 is 0 Å². The molecule has 2 rings (SSSR count). The molecule has 2 aliphatic rings. The van der Waals surface area contributed by atoms with Gasteiger partial charge in [-0.05, 0) is 26.7 Å². The zero-order valence-electron chi connectivity index (χ0n) is 7.47. The Morgan fingerprint density at radius 3 is 2.64 bits per heavy atom. The van der Waals surface area contributed by atoms with Crippen LogP contribution in [0.1, 0.15) is 26.7 Å². The third-order valence-electron chi connectivity index (χ3n) is 2.82. The molecule has 2 fully saturated rings. The third kappa shape index (κ3) is 1.57. The van der Waals surface area contributed by atoms with E-state index in [9.17, 15) is 0 Å². The van der Waals surface area contributed by atoms with E-state index < -0.39 is 0 Å². The van der Waals surface area contributed by atoms with E-state index in [-0.39, 0.29) is 0 Å². The van der Waals surface area contributed by atoms with E-state index in [0.717, 1.165) is 10.8 Å². The maximum atomic E-state index is 2.63. The summed E-state index contributed by atoms with van der Waals surface area (Å²) in [6.07, 6.45) is 2.95. The van der Waals surface area contributed by atoms with Crippen molar-refractivity contribution in [3.8, 4) is 0 Å². The van der Waals surface area contributed by atoms with Crippen molar-refractivity contribution in [3.63, 3.8) is 0 Å². The Bertz CT molecular complexity index is 152. The van der Waals surface area contributed by atoms with Crippen LogP contribution in [-0.4, -0.2) is 34.5 Å². The first-order valence-corrected chi connectivity index (χ1v) is 5.58. The van der Waals surface area contributed by atoms with Crippen LogP contribution in [0, 0.1) is 0 Å². The predicted octanol–water partition coefficient (Wildman–Crippen LogP) is 1.98. The van der Waals surface area contributed by atoms with Crippen LogP contribution in [0.3, 0.4) is 0 Å². The lowest BCUT2D eigenvalue weighted by atomic mass is 10.2. The Balaban J connectivity index is 1.93. The third-order valence-corrected chi connectivity index (χ3v) is 4.35. The highest BCUT2D eigenvalue weighted by atomic mass is 32.2. The quantitative estimate of drug-likeness (QED) is 0.593. The normalized spacial score (nSPS) is 29.7. The average molecular weight is 171 g/mol. The summed E-state index contributed by atoms with van der Waals surface area (Å²) in [4.78, 5) is 2.63. The summed E-state index contributed by atoms with van der Waals surface area (Å²) in [5.74, 6) is 1.36. The first-order valence-electron chi connectivity index (χ1n) is 4.60. The Hall–Kier alpha value is 0.310. The van der Waals surface area contributed by atoms with Gasteiger partial charge in [-0.15, -0.1) is 0 Å². The monoisotopic (exact) mass is 171 g/mol. The second-order valence-electron chi connectivity index (χ2n) is 4.10. The minimum atomic E-state index is 0.725. The van der Waals surface area contributed by atoms with Gasteiger partial charge in [0.05, 0.1) is 0 Å². The fraction of sp³-hybridized carbons (Fsp3) is 1.00. The van der Waals surface area contributed by atoms with Crippen LogP contribution in [0.15, 0.2) is 0 Å². The van der Waals surface area contributed by atoms with Gasteiger partial charge in [0, 0.05) is 29.6 Å². The van der Waals surface area contributed by atoms with Gasteiger partial charge >= 0.3 is 0 Å². The molecule has 0 N–H and O–H groups in total. The molecule has 0 atom stereocenters. The van der Waals surface area contributed by atoms with Crippen LogP contribution in [-0.2, 0) is 0 Å². The minimum Gasteiger partial charge on any atom is -0.299 e. The van der Waals surface area contributed by atoms with Crippen molar-refractivity contribution in [1.29, 1.82) is 0 Å². The smallest absolute Gasteiger partial charge is 0.0288 e. The Morgan fingerprint density at radius 2 is 2.09 bits per heavy atom. The summed E-state index contributed by atoms with van der Waals surface area (Å²) in [7, 11) is 0. The van der Waals surface area contributed by atoms with E-state index in [1.807, 2.05) is 0 Å². The molecule has 1 nitrogen and oxygen atoms in total. The van der Waals surface area contributed by atoms with Crippen molar-refractivity contribution in [1.82, 2.24) is 4.90 Å². The predicted molar refractivity (Wildman–Crippen MR) is 51.1 cm³/mol. The fourth-order valence-corrected chi connectivity index (χ4v) is 3.16. The van der Waals surface area contributed by atoms with Gasteiger partial charge in [-0.2, -0.15) is 11.8 Å². The second-order valence-corrected chi connectivity index (χ2v) is 5.66. The zero-order valence-corrected chi connectivity index (χ0v) is 8.28. The summed E-state index contributed by atoms with van der Waals surface area (Å²) in [5, 5.41) is 0. The average Bonchev–Trinajstić information content (AvgIpc) is 2.69. The maximum Gasteiger partial charge on any atom is 0.0288 e. The van der Waals surface area contributed by atoms with Crippen molar-refractivity contribution in [3.05, 3.63) is 0 Å². The van der Waals surface area contributed by atoms with Crippen LogP contribution < -0.4 is 0 Å². The lowest BCUT2D eigenvalue weighted by Gasteiger charge is -2.35. The molecule has 1 heterocycles. The van der Waals surface area contributed by atoms with Gasteiger partial charge in [-0.3, -0.25) is 4.90 Å². The molecule has 0 radical (unpaired) electrons. The van der Waals surface area contributed by atoms with E-state index in [1.165, 1.54) is 31.7 Å². The standard InChI is InChI=1S/C9H17NS/c1-8(2)10-5-6-11-9(7-10)3-4-9/h8H,3-7H2,1-2H3. The Morgan fingerprint density at radius 1 is 1.36 bits per heavy atom. The molecule has 2 heteroatoms. The van der Waals surface area contributed by atoms with E-state index >= 15 is 0 Å². The summed E-state index contributed by atoms with van der Waals surface area (Å²) >= 11 is 2.21. The summed E-state index contributed by atoms with van der Waals surface area (Å²) in [6.45, 7) is 7.29. The number of thioether (sulfide) groups is 1. The first kappa shape index (κ1) is 7.93. The number of hydrogen-bond acceptors (Lipinski definition) is 2. The first-order chi connectivity index (χ1) is 5.22. The number of rotatable bonds is 1. The maximum absolute atomic E-state index is 2.63. The molecular formula is C9H17NS. The van der Waals surface area contributed by atoms with Crippen LogP contribution in [0.25, 0.3) is 0 Å². The van der Waals surface area contributed by atoms with E-state index in [2.05, 4.69) is 30.5 Å². The van der Waals surface area contributed by atoms with Crippen molar-refractivity contribution in [2.24, 2.45) is 0 Å². The van der Waals surface area contributed by atoms with Crippen LogP contribution in [0.4, 0.5) is 0 Å².